The van der Waals surface area contributed by atoms with Gasteiger partial charge in [-0.15, -0.1) is 0 Å². The molecule has 0 aliphatic carbocycles. The van der Waals surface area contributed by atoms with Gasteiger partial charge in [-0.25, -0.2) is 9.18 Å². The summed E-state index contributed by atoms with van der Waals surface area (Å²) in [6.45, 7) is 13.0. The number of carbonyl (C=O) groups excluding carboxylic acids is 3. The van der Waals surface area contributed by atoms with Gasteiger partial charge < -0.3 is 28.9 Å². The van der Waals surface area contributed by atoms with Crippen molar-refractivity contribution in [2.24, 2.45) is 0 Å². The van der Waals surface area contributed by atoms with E-state index < -0.39 is 11.4 Å². The van der Waals surface area contributed by atoms with Crippen molar-refractivity contribution in [3.05, 3.63) is 58.9 Å². The van der Waals surface area contributed by atoms with Gasteiger partial charge in [0, 0.05) is 62.6 Å². The predicted molar refractivity (Wildman–Crippen MR) is 176 cm³/mol. The van der Waals surface area contributed by atoms with Crippen LogP contribution in [0.5, 0.6) is 0 Å². The molecule has 2 heterocycles. The number of likely N-dealkylation sites (tertiary alicyclic amines) is 1. The molecule has 0 spiro atoms. The minimum atomic E-state index is -0.603. The van der Waals surface area contributed by atoms with E-state index >= 15 is 4.39 Å². The number of methoxy groups -OCH3 is 1. The molecule has 2 aromatic rings. The fraction of sp³-hybridized carbons (Fsp3) is 0.583. The van der Waals surface area contributed by atoms with Crippen molar-refractivity contribution in [1.82, 2.24) is 14.7 Å². The van der Waals surface area contributed by atoms with E-state index in [9.17, 15) is 14.4 Å². The number of morpholine rings is 1. The third-order valence-electron chi connectivity index (χ3n) is 8.43. The van der Waals surface area contributed by atoms with Crippen molar-refractivity contribution < 1.29 is 33.0 Å². The first-order valence-corrected chi connectivity index (χ1v) is 16.5. The number of unbranched alkanes of at least 4 members (excludes halogenated alkanes) is 1. The molecule has 46 heavy (non-hydrogen) atoms. The monoisotopic (exact) mass is 639 g/mol. The molecule has 0 N–H and O–H groups in total. The lowest BCUT2D eigenvalue weighted by Crippen LogP contribution is -2.54. The van der Waals surface area contributed by atoms with Crippen LogP contribution in [0.25, 0.3) is 11.1 Å². The lowest BCUT2D eigenvalue weighted by atomic mass is 9.92. The van der Waals surface area contributed by atoms with Gasteiger partial charge in [0.05, 0.1) is 19.3 Å². The van der Waals surface area contributed by atoms with E-state index in [2.05, 4.69) is 0 Å². The van der Waals surface area contributed by atoms with E-state index in [-0.39, 0.29) is 30.0 Å². The van der Waals surface area contributed by atoms with Crippen LogP contribution in [-0.2, 0) is 20.6 Å². The molecule has 0 aromatic heterocycles. The first kappa shape index (κ1) is 35.4. The van der Waals surface area contributed by atoms with Gasteiger partial charge in [-0.3, -0.25) is 9.59 Å². The van der Waals surface area contributed by atoms with Crippen molar-refractivity contribution in [2.75, 3.05) is 53.1 Å². The number of piperidine rings is 1. The minimum Gasteiger partial charge on any atom is -0.444 e. The molecule has 4 rings (SSSR count). The quantitative estimate of drug-likeness (QED) is 0.289. The van der Waals surface area contributed by atoms with Crippen molar-refractivity contribution in [3.63, 3.8) is 0 Å². The molecule has 2 aromatic carbocycles. The average Bonchev–Trinajstić information content (AvgIpc) is 3.02. The Kier molecular flexibility index (Phi) is 12.2. The third-order valence-corrected chi connectivity index (χ3v) is 8.43. The lowest BCUT2D eigenvalue weighted by Gasteiger charge is -2.41. The van der Waals surface area contributed by atoms with Crippen LogP contribution >= 0.6 is 0 Å². The van der Waals surface area contributed by atoms with Crippen molar-refractivity contribution >= 4 is 17.9 Å². The Hall–Kier alpha value is -3.50. The molecule has 2 aliphatic heterocycles. The van der Waals surface area contributed by atoms with Crippen LogP contribution in [0.4, 0.5) is 9.18 Å². The molecule has 0 radical (unpaired) electrons. The molecule has 2 aliphatic rings. The summed E-state index contributed by atoms with van der Waals surface area (Å²) in [5.41, 5.74) is 2.15. The Bertz CT molecular complexity index is 1370. The number of carbonyl (C=O) groups is 3. The minimum absolute atomic E-state index is 0.110. The Morgan fingerprint density at radius 3 is 2.37 bits per heavy atom. The van der Waals surface area contributed by atoms with Gasteiger partial charge in [0.2, 0.25) is 0 Å². The summed E-state index contributed by atoms with van der Waals surface area (Å²) in [6.07, 6.45) is 3.38. The summed E-state index contributed by atoms with van der Waals surface area (Å²) in [4.78, 5) is 45.6. The van der Waals surface area contributed by atoms with Crippen molar-refractivity contribution in [1.29, 1.82) is 0 Å². The number of rotatable bonds is 10. The summed E-state index contributed by atoms with van der Waals surface area (Å²) in [5, 5.41) is 0. The molecule has 1 atom stereocenters. The molecule has 1 unspecified atom stereocenters. The maximum Gasteiger partial charge on any atom is 0.410 e. The zero-order valence-corrected chi connectivity index (χ0v) is 28.3. The standard InChI is InChI=1S/C36H50FN3O6/c1-25(2)40(29-11-9-16-39(24-29)35(43)46-36(3,4)5)34(42)27-12-14-30(26(22-27)10-7-8-19-44-6)31-23-28(13-15-32(31)37)33(41)38-17-20-45-21-18-38/h12-15,22-23,25,29H,7-11,16-21,24H2,1-6H3. The lowest BCUT2D eigenvalue weighted by molar-refractivity contribution is 0.00752. The largest absolute Gasteiger partial charge is 0.444 e. The number of ether oxygens (including phenoxy) is 3. The van der Waals surface area contributed by atoms with Crippen LogP contribution < -0.4 is 0 Å². The van der Waals surface area contributed by atoms with E-state index in [4.69, 9.17) is 14.2 Å². The molecule has 0 bridgehead atoms. The molecule has 252 valence electrons. The number of aryl methyl sites for hydroxylation is 1. The summed E-state index contributed by atoms with van der Waals surface area (Å²) < 4.78 is 31.7. The van der Waals surface area contributed by atoms with Gasteiger partial charge in [0.25, 0.3) is 11.8 Å². The normalized spacial score (nSPS) is 17.3. The summed E-state index contributed by atoms with van der Waals surface area (Å²) in [5.74, 6) is -0.713. The zero-order chi connectivity index (χ0) is 33.4. The molecule has 2 saturated heterocycles. The Labute approximate surface area is 273 Å². The molecule has 2 fully saturated rings. The highest BCUT2D eigenvalue weighted by atomic mass is 19.1. The topological polar surface area (TPSA) is 88.6 Å². The summed E-state index contributed by atoms with van der Waals surface area (Å²) >= 11 is 0. The summed E-state index contributed by atoms with van der Waals surface area (Å²) in [6, 6.07) is 9.62. The number of hydrogen-bond acceptors (Lipinski definition) is 6. The first-order chi connectivity index (χ1) is 21.9. The van der Waals surface area contributed by atoms with Crippen LogP contribution in [0.3, 0.4) is 0 Å². The van der Waals surface area contributed by atoms with Crippen molar-refractivity contribution in [2.45, 2.75) is 84.4 Å². The Balaban J connectivity index is 1.64. The number of halogens is 1. The Morgan fingerprint density at radius 1 is 0.978 bits per heavy atom. The fourth-order valence-electron chi connectivity index (χ4n) is 6.22. The van der Waals surface area contributed by atoms with Crippen LogP contribution in [0.15, 0.2) is 36.4 Å². The average molecular weight is 640 g/mol. The zero-order valence-electron chi connectivity index (χ0n) is 28.3. The molecule has 10 heteroatoms. The van der Waals surface area contributed by atoms with Gasteiger partial charge in [-0.05, 0) is 108 Å². The molecule has 9 nitrogen and oxygen atoms in total. The molecular formula is C36H50FN3O6. The second kappa shape index (κ2) is 15.9. The second-order valence-electron chi connectivity index (χ2n) is 13.4. The SMILES string of the molecule is COCCCCc1cc(C(=O)N(C(C)C)C2CCCN(C(=O)OC(C)(C)C)C2)ccc1-c1cc(C(=O)N2CCOCC2)ccc1F. The third kappa shape index (κ3) is 9.06. The highest BCUT2D eigenvalue weighted by Crippen LogP contribution is 2.31. The maximum absolute atomic E-state index is 15.4. The molecule has 0 saturated carbocycles. The van der Waals surface area contributed by atoms with E-state index in [1.165, 1.54) is 12.1 Å². The van der Waals surface area contributed by atoms with Gasteiger partial charge >= 0.3 is 6.09 Å². The van der Waals surface area contributed by atoms with E-state index in [1.807, 2.05) is 45.6 Å². The van der Waals surface area contributed by atoms with Gasteiger partial charge in [0.15, 0.2) is 0 Å². The highest BCUT2D eigenvalue weighted by Gasteiger charge is 2.34. The first-order valence-electron chi connectivity index (χ1n) is 16.5. The Morgan fingerprint density at radius 2 is 1.70 bits per heavy atom. The number of amides is 3. The molecule has 3 amide bonds. The van der Waals surface area contributed by atoms with Crippen LogP contribution in [0.2, 0.25) is 0 Å². The second-order valence-corrected chi connectivity index (χ2v) is 13.4. The molecular weight excluding hydrogens is 589 g/mol. The van der Waals surface area contributed by atoms with E-state index in [0.717, 1.165) is 31.2 Å². The van der Waals surface area contributed by atoms with Crippen molar-refractivity contribution in [3.8, 4) is 11.1 Å². The maximum atomic E-state index is 15.4. The van der Waals surface area contributed by atoms with Crippen LogP contribution in [0.1, 0.15) is 86.6 Å². The number of nitrogens with zero attached hydrogens (tertiary/aromatic N) is 3. The number of benzene rings is 2. The highest BCUT2D eigenvalue weighted by molar-refractivity contribution is 5.97. The van der Waals surface area contributed by atoms with Gasteiger partial charge in [-0.2, -0.15) is 0 Å². The van der Waals surface area contributed by atoms with Gasteiger partial charge in [-0.1, -0.05) is 6.07 Å². The summed E-state index contributed by atoms with van der Waals surface area (Å²) in [7, 11) is 1.66. The fourth-order valence-corrected chi connectivity index (χ4v) is 6.22. The van der Waals surface area contributed by atoms with E-state index in [0.29, 0.717) is 74.7 Å². The van der Waals surface area contributed by atoms with Gasteiger partial charge in [0.1, 0.15) is 11.4 Å². The van der Waals surface area contributed by atoms with Crippen LogP contribution in [0, 0.1) is 5.82 Å². The number of hydrogen-bond donors (Lipinski definition) is 0. The van der Waals surface area contributed by atoms with E-state index in [1.54, 1.807) is 35.1 Å². The smallest absolute Gasteiger partial charge is 0.410 e. The van der Waals surface area contributed by atoms with Crippen LogP contribution in [-0.4, -0.2) is 103 Å². The predicted octanol–water partition coefficient (Wildman–Crippen LogP) is 6.18.